The molecule has 0 unspecified atom stereocenters. The van der Waals surface area contributed by atoms with E-state index >= 15 is 0 Å². The molecule has 0 saturated carbocycles. The van der Waals surface area contributed by atoms with Crippen molar-refractivity contribution >= 4 is 11.7 Å². The van der Waals surface area contributed by atoms with Crippen LogP contribution in [0.2, 0.25) is 0 Å². The van der Waals surface area contributed by atoms with Crippen LogP contribution in [-0.4, -0.2) is 49.1 Å². The number of rotatable bonds is 4. The summed E-state index contributed by atoms with van der Waals surface area (Å²) in [5.41, 5.74) is 11.6. The van der Waals surface area contributed by atoms with E-state index in [1.807, 2.05) is 60.4 Å². The smallest absolute Gasteiger partial charge is 0.253 e. The van der Waals surface area contributed by atoms with Crippen molar-refractivity contribution in [2.45, 2.75) is 6.92 Å². The Morgan fingerprint density at radius 3 is 2.63 bits per heavy atom. The zero-order chi connectivity index (χ0) is 21.1. The van der Waals surface area contributed by atoms with Crippen LogP contribution in [0.5, 0.6) is 5.75 Å². The number of methoxy groups -OCH3 is 1. The summed E-state index contributed by atoms with van der Waals surface area (Å²) in [5.74, 6) is 1.32. The number of nitrogens with one attached hydrogen (secondary N) is 1. The highest BCUT2D eigenvalue weighted by atomic mass is 16.5. The van der Waals surface area contributed by atoms with Crippen molar-refractivity contribution in [1.29, 1.82) is 0 Å². The molecule has 1 amide bonds. The lowest BCUT2D eigenvalue weighted by molar-refractivity contribution is 0.0736. The van der Waals surface area contributed by atoms with Gasteiger partial charge in [-0.3, -0.25) is 4.79 Å². The predicted molar refractivity (Wildman–Crippen MR) is 120 cm³/mol. The second-order valence-electron chi connectivity index (χ2n) is 7.46. The third-order valence-corrected chi connectivity index (χ3v) is 5.48. The Labute approximate surface area is 176 Å². The van der Waals surface area contributed by atoms with Gasteiger partial charge < -0.3 is 20.7 Å². The van der Waals surface area contributed by atoms with Gasteiger partial charge in [-0.1, -0.05) is 24.3 Å². The minimum atomic E-state index is 0.0604. The van der Waals surface area contributed by atoms with Crippen LogP contribution in [0.25, 0.3) is 22.3 Å². The maximum absolute atomic E-state index is 12.9. The molecule has 1 aliphatic heterocycles. The number of amides is 1. The molecule has 2 heterocycles. The van der Waals surface area contributed by atoms with E-state index in [-0.39, 0.29) is 5.91 Å². The summed E-state index contributed by atoms with van der Waals surface area (Å²) in [7, 11) is 1.66. The van der Waals surface area contributed by atoms with Crippen LogP contribution in [0.3, 0.4) is 0 Å². The fraction of sp³-hybridized carbons (Fsp3) is 0.250. The lowest BCUT2D eigenvalue weighted by Gasteiger charge is -2.27. The number of nitrogens with two attached hydrogens (primary N) is 1. The number of hydrogen-bond acceptors (Lipinski definition) is 5. The monoisotopic (exact) mass is 402 g/mol. The highest BCUT2D eigenvalue weighted by molar-refractivity contribution is 5.95. The van der Waals surface area contributed by atoms with Gasteiger partial charge in [0.15, 0.2) is 0 Å². The highest BCUT2D eigenvalue weighted by Gasteiger charge is 2.18. The maximum atomic E-state index is 12.9. The van der Waals surface area contributed by atoms with Crippen molar-refractivity contribution in [2.75, 3.05) is 39.0 Å². The van der Waals surface area contributed by atoms with E-state index in [0.717, 1.165) is 59.7 Å². The number of aromatic nitrogens is 1. The molecule has 3 aromatic rings. The van der Waals surface area contributed by atoms with E-state index in [1.165, 1.54) is 0 Å². The van der Waals surface area contributed by atoms with E-state index in [4.69, 9.17) is 10.5 Å². The summed E-state index contributed by atoms with van der Waals surface area (Å²) in [6, 6.07) is 15.7. The average Bonchev–Trinajstić information content (AvgIpc) is 2.80. The van der Waals surface area contributed by atoms with E-state index in [0.29, 0.717) is 11.4 Å². The summed E-state index contributed by atoms with van der Waals surface area (Å²) >= 11 is 0. The van der Waals surface area contributed by atoms with Gasteiger partial charge in [-0.2, -0.15) is 0 Å². The van der Waals surface area contributed by atoms with E-state index in [2.05, 4.69) is 10.3 Å². The number of piperazine rings is 1. The summed E-state index contributed by atoms with van der Waals surface area (Å²) < 4.78 is 5.45. The van der Waals surface area contributed by atoms with Gasteiger partial charge in [-0.15, -0.1) is 0 Å². The standard InChI is InChI=1S/C24H26N4O2/c1-16-6-7-18(14-22(16)30-2)21-13-20(15-27-23(21)25)17-4-3-5-19(12-17)24(29)28-10-8-26-9-11-28/h3-7,12-15,26H,8-11H2,1-2H3,(H2,25,27). The predicted octanol–water partition coefficient (Wildman–Crippen LogP) is 3.36. The molecule has 1 saturated heterocycles. The van der Waals surface area contributed by atoms with Crippen molar-refractivity contribution in [1.82, 2.24) is 15.2 Å². The molecule has 1 fully saturated rings. The largest absolute Gasteiger partial charge is 0.496 e. The first kappa shape index (κ1) is 19.9. The first-order valence-corrected chi connectivity index (χ1v) is 10.1. The zero-order valence-corrected chi connectivity index (χ0v) is 17.3. The summed E-state index contributed by atoms with van der Waals surface area (Å²) in [6.45, 7) is 5.12. The second kappa shape index (κ2) is 8.55. The first-order valence-electron chi connectivity index (χ1n) is 10.1. The van der Waals surface area contributed by atoms with Gasteiger partial charge in [-0.05, 0) is 47.9 Å². The van der Waals surface area contributed by atoms with Crippen molar-refractivity contribution in [2.24, 2.45) is 0 Å². The molecule has 0 radical (unpaired) electrons. The van der Waals surface area contributed by atoms with Crippen LogP contribution in [0.15, 0.2) is 54.7 Å². The minimum Gasteiger partial charge on any atom is -0.496 e. The van der Waals surface area contributed by atoms with E-state index in [9.17, 15) is 4.79 Å². The van der Waals surface area contributed by atoms with Crippen molar-refractivity contribution < 1.29 is 9.53 Å². The Morgan fingerprint density at radius 1 is 1.07 bits per heavy atom. The number of carbonyl (C=O) groups is 1. The number of pyridine rings is 1. The van der Waals surface area contributed by atoms with E-state index < -0.39 is 0 Å². The van der Waals surface area contributed by atoms with Crippen LogP contribution in [0.4, 0.5) is 5.82 Å². The van der Waals surface area contributed by atoms with Gasteiger partial charge in [0, 0.05) is 49.1 Å². The Kier molecular flexibility index (Phi) is 5.68. The van der Waals surface area contributed by atoms with Crippen molar-refractivity contribution in [3.63, 3.8) is 0 Å². The molecule has 4 rings (SSSR count). The quantitative estimate of drug-likeness (QED) is 0.699. The number of aryl methyl sites for hydroxylation is 1. The van der Waals surface area contributed by atoms with E-state index in [1.54, 1.807) is 13.3 Å². The number of ether oxygens (including phenoxy) is 1. The Balaban J connectivity index is 1.68. The lowest BCUT2D eigenvalue weighted by atomic mass is 9.98. The Morgan fingerprint density at radius 2 is 1.87 bits per heavy atom. The fourth-order valence-electron chi connectivity index (χ4n) is 3.73. The number of carbonyl (C=O) groups excluding carboxylic acids is 1. The van der Waals surface area contributed by atoms with Crippen LogP contribution < -0.4 is 15.8 Å². The topological polar surface area (TPSA) is 80.5 Å². The number of benzene rings is 2. The van der Waals surface area contributed by atoms with Crippen LogP contribution in [0.1, 0.15) is 15.9 Å². The molecule has 2 aromatic carbocycles. The van der Waals surface area contributed by atoms with Crippen LogP contribution >= 0.6 is 0 Å². The first-order chi connectivity index (χ1) is 14.6. The van der Waals surface area contributed by atoms with Gasteiger partial charge in [0.1, 0.15) is 11.6 Å². The SMILES string of the molecule is COc1cc(-c2cc(-c3cccc(C(=O)N4CCNCC4)c3)cnc2N)ccc1C. The van der Waals surface area contributed by atoms with Gasteiger partial charge in [0.2, 0.25) is 0 Å². The third-order valence-electron chi connectivity index (χ3n) is 5.48. The van der Waals surface area contributed by atoms with Crippen molar-refractivity contribution in [3.8, 4) is 28.0 Å². The third kappa shape index (κ3) is 4.00. The summed E-state index contributed by atoms with van der Waals surface area (Å²) in [5, 5.41) is 3.27. The molecule has 1 aromatic heterocycles. The Bertz CT molecular complexity index is 1070. The van der Waals surface area contributed by atoms with Crippen LogP contribution in [0, 0.1) is 6.92 Å². The van der Waals surface area contributed by atoms with Gasteiger partial charge in [0.05, 0.1) is 7.11 Å². The molecule has 0 atom stereocenters. The van der Waals surface area contributed by atoms with Gasteiger partial charge in [-0.25, -0.2) is 4.98 Å². The maximum Gasteiger partial charge on any atom is 0.253 e. The summed E-state index contributed by atoms with van der Waals surface area (Å²) in [6.07, 6.45) is 1.75. The van der Waals surface area contributed by atoms with Crippen LogP contribution in [-0.2, 0) is 0 Å². The van der Waals surface area contributed by atoms with Gasteiger partial charge >= 0.3 is 0 Å². The average molecular weight is 402 g/mol. The zero-order valence-electron chi connectivity index (χ0n) is 17.3. The molecule has 1 aliphatic rings. The Hall–Kier alpha value is -3.38. The molecule has 0 bridgehead atoms. The molecular weight excluding hydrogens is 376 g/mol. The molecule has 0 spiro atoms. The molecule has 3 N–H and O–H groups in total. The number of hydrogen-bond donors (Lipinski definition) is 2. The highest BCUT2D eigenvalue weighted by Crippen LogP contribution is 2.33. The number of nitrogens with zero attached hydrogens (tertiary/aromatic N) is 2. The lowest BCUT2D eigenvalue weighted by Crippen LogP contribution is -2.46. The molecular formula is C24H26N4O2. The fourth-order valence-corrected chi connectivity index (χ4v) is 3.73. The van der Waals surface area contributed by atoms with Crippen molar-refractivity contribution in [3.05, 3.63) is 65.9 Å². The molecule has 6 nitrogen and oxygen atoms in total. The number of anilines is 1. The normalized spacial score (nSPS) is 13.9. The minimum absolute atomic E-state index is 0.0604. The summed E-state index contributed by atoms with van der Waals surface area (Å²) in [4.78, 5) is 19.2. The van der Waals surface area contributed by atoms with Gasteiger partial charge in [0.25, 0.3) is 5.91 Å². The molecule has 30 heavy (non-hydrogen) atoms. The molecule has 6 heteroatoms. The molecule has 154 valence electrons. The number of nitrogen functional groups attached to an aromatic ring is 1. The second-order valence-corrected chi connectivity index (χ2v) is 7.46. The molecule has 0 aliphatic carbocycles.